The Hall–Kier alpha value is -2.81. The van der Waals surface area contributed by atoms with Crippen LogP contribution in [0.15, 0.2) is 30.5 Å². The first-order valence-corrected chi connectivity index (χ1v) is 7.34. The van der Waals surface area contributed by atoms with Crippen molar-refractivity contribution in [3.8, 4) is 5.69 Å². The smallest absolute Gasteiger partial charge is 0.306 e. The first-order valence-electron chi connectivity index (χ1n) is 7.34. The van der Waals surface area contributed by atoms with Crippen molar-refractivity contribution in [2.24, 2.45) is 0 Å². The van der Waals surface area contributed by atoms with Crippen LogP contribution in [0.4, 0.5) is 4.39 Å². The van der Waals surface area contributed by atoms with Gasteiger partial charge in [-0.25, -0.2) is 4.39 Å². The molecule has 3 rings (SSSR count). The van der Waals surface area contributed by atoms with Gasteiger partial charge in [0, 0.05) is 13.1 Å². The molecule has 24 heavy (non-hydrogen) atoms. The molecule has 2 heterocycles. The van der Waals surface area contributed by atoms with E-state index in [0.717, 1.165) is 0 Å². The Balaban J connectivity index is 1.71. The van der Waals surface area contributed by atoms with Crippen LogP contribution in [0.2, 0.25) is 0 Å². The zero-order chi connectivity index (χ0) is 17.1. The third-order valence-electron chi connectivity index (χ3n) is 3.60. The molecule has 1 saturated heterocycles. The van der Waals surface area contributed by atoms with Gasteiger partial charge in [-0.3, -0.25) is 9.59 Å². The Morgan fingerprint density at radius 1 is 1.33 bits per heavy atom. The average Bonchev–Trinajstić information content (AvgIpc) is 3.04. The first kappa shape index (κ1) is 16.1. The van der Waals surface area contributed by atoms with Gasteiger partial charge < -0.3 is 14.7 Å². The van der Waals surface area contributed by atoms with Crippen molar-refractivity contribution >= 4 is 11.9 Å². The van der Waals surface area contributed by atoms with Gasteiger partial charge in [-0.1, -0.05) is 0 Å². The van der Waals surface area contributed by atoms with Crippen molar-refractivity contribution in [3.63, 3.8) is 0 Å². The summed E-state index contributed by atoms with van der Waals surface area (Å²) >= 11 is 0. The molecule has 0 spiro atoms. The quantitative estimate of drug-likeness (QED) is 0.885. The molecule has 0 aliphatic carbocycles. The topological polar surface area (TPSA) is 97.6 Å². The summed E-state index contributed by atoms with van der Waals surface area (Å²) in [7, 11) is 0. The largest absolute Gasteiger partial charge is 0.481 e. The summed E-state index contributed by atoms with van der Waals surface area (Å²) in [5.41, 5.74) is 0.663. The fourth-order valence-corrected chi connectivity index (χ4v) is 2.44. The fourth-order valence-electron chi connectivity index (χ4n) is 2.44. The number of ether oxygens (including phenoxy) is 1. The Kier molecular flexibility index (Phi) is 4.52. The van der Waals surface area contributed by atoms with Gasteiger partial charge in [0.05, 0.1) is 31.0 Å². The number of hydrogen-bond donors (Lipinski definition) is 1. The number of aromatic nitrogens is 3. The molecule has 126 valence electrons. The molecular weight excluding hydrogens is 319 g/mol. The summed E-state index contributed by atoms with van der Waals surface area (Å²) in [6, 6.07) is 5.56. The summed E-state index contributed by atoms with van der Waals surface area (Å²) in [4.78, 5) is 26.0. The normalized spacial score (nSPS) is 17.7. The number of nitrogens with zero attached hydrogens (tertiary/aromatic N) is 4. The molecule has 0 bridgehead atoms. The number of halogens is 1. The number of hydrogen-bond acceptors (Lipinski definition) is 5. The zero-order valence-corrected chi connectivity index (χ0v) is 12.6. The summed E-state index contributed by atoms with van der Waals surface area (Å²) in [5.74, 6) is -1.70. The van der Waals surface area contributed by atoms with Gasteiger partial charge >= 0.3 is 5.97 Å². The third kappa shape index (κ3) is 3.57. The highest BCUT2D eigenvalue weighted by atomic mass is 19.1. The molecule has 1 N–H and O–H groups in total. The van der Waals surface area contributed by atoms with Crippen LogP contribution in [-0.2, 0) is 9.53 Å². The summed E-state index contributed by atoms with van der Waals surface area (Å²) < 4.78 is 18.3. The van der Waals surface area contributed by atoms with Gasteiger partial charge in [0.15, 0.2) is 5.69 Å². The molecule has 1 fully saturated rings. The third-order valence-corrected chi connectivity index (χ3v) is 3.60. The van der Waals surface area contributed by atoms with Crippen molar-refractivity contribution in [3.05, 3.63) is 42.0 Å². The molecule has 1 amide bonds. The lowest BCUT2D eigenvalue weighted by Gasteiger charge is -2.31. The fraction of sp³-hybridized carbons (Fsp3) is 0.333. The Labute approximate surface area is 136 Å². The van der Waals surface area contributed by atoms with Crippen molar-refractivity contribution in [2.45, 2.75) is 12.5 Å². The van der Waals surface area contributed by atoms with Crippen LogP contribution in [-0.4, -0.2) is 62.7 Å². The van der Waals surface area contributed by atoms with E-state index in [1.165, 1.54) is 40.2 Å². The lowest BCUT2D eigenvalue weighted by atomic mass is 10.2. The van der Waals surface area contributed by atoms with E-state index in [0.29, 0.717) is 12.2 Å². The summed E-state index contributed by atoms with van der Waals surface area (Å²) in [6.07, 6.45) is 0.631. The first-order chi connectivity index (χ1) is 11.5. The van der Waals surface area contributed by atoms with Crippen molar-refractivity contribution < 1.29 is 23.8 Å². The van der Waals surface area contributed by atoms with E-state index in [2.05, 4.69) is 10.2 Å². The molecule has 0 radical (unpaired) electrons. The van der Waals surface area contributed by atoms with E-state index < -0.39 is 12.1 Å². The number of rotatable bonds is 4. The van der Waals surface area contributed by atoms with E-state index >= 15 is 0 Å². The number of carbonyl (C=O) groups excluding carboxylic acids is 1. The maximum absolute atomic E-state index is 12.9. The van der Waals surface area contributed by atoms with Crippen LogP contribution in [0.5, 0.6) is 0 Å². The zero-order valence-electron chi connectivity index (χ0n) is 12.6. The van der Waals surface area contributed by atoms with E-state index in [4.69, 9.17) is 9.84 Å². The lowest BCUT2D eigenvalue weighted by Crippen LogP contribution is -2.46. The second-order valence-corrected chi connectivity index (χ2v) is 5.34. The van der Waals surface area contributed by atoms with Crippen LogP contribution in [0, 0.1) is 5.82 Å². The number of carboxylic acid groups (broad SMARTS) is 1. The van der Waals surface area contributed by atoms with E-state index in [1.807, 2.05) is 0 Å². The molecule has 2 aromatic rings. The number of carboxylic acids is 1. The molecule has 1 aromatic carbocycles. The Bertz CT molecular complexity index is 746. The van der Waals surface area contributed by atoms with E-state index in [9.17, 15) is 14.0 Å². The maximum Gasteiger partial charge on any atom is 0.306 e. The lowest BCUT2D eigenvalue weighted by molar-refractivity contribution is -0.141. The molecule has 1 aromatic heterocycles. The van der Waals surface area contributed by atoms with Crippen LogP contribution >= 0.6 is 0 Å². The average molecular weight is 334 g/mol. The van der Waals surface area contributed by atoms with E-state index in [-0.39, 0.29) is 37.0 Å². The van der Waals surface area contributed by atoms with Crippen molar-refractivity contribution in [1.29, 1.82) is 0 Å². The van der Waals surface area contributed by atoms with Gasteiger partial charge in [-0.05, 0) is 24.3 Å². The van der Waals surface area contributed by atoms with Crippen LogP contribution < -0.4 is 0 Å². The predicted octanol–water partition coefficient (Wildman–Crippen LogP) is 0.722. The Morgan fingerprint density at radius 2 is 2.08 bits per heavy atom. The number of carbonyl (C=O) groups is 2. The van der Waals surface area contributed by atoms with Gasteiger partial charge in [0.1, 0.15) is 5.82 Å². The second-order valence-electron chi connectivity index (χ2n) is 5.34. The van der Waals surface area contributed by atoms with Crippen LogP contribution in [0.1, 0.15) is 16.9 Å². The molecule has 1 atom stereocenters. The maximum atomic E-state index is 12.9. The molecule has 1 aliphatic rings. The predicted molar refractivity (Wildman–Crippen MR) is 79.2 cm³/mol. The van der Waals surface area contributed by atoms with Crippen molar-refractivity contribution in [2.75, 3.05) is 19.7 Å². The molecular formula is C15H15FN4O4. The molecule has 0 unspecified atom stereocenters. The Morgan fingerprint density at radius 3 is 2.79 bits per heavy atom. The SMILES string of the molecule is O=C(O)C[C@@H]1CN(C(=O)c2cnn(-c3ccc(F)cc3)n2)CCO1. The van der Waals surface area contributed by atoms with Gasteiger partial charge in [-0.2, -0.15) is 9.90 Å². The van der Waals surface area contributed by atoms with E-state index in [1.54, 1.807) is 0 Å². The number of amides is 1. The number of morpholine rings is 1. The second kappa shape index (κ2) is 6.75. The summed E-state index contributed by atoms with van der Waals surface area (Å²) in [5, 5.41) is 16.9. The minimum atomic E-state index is -0.975. The highest BCUT2D eigenvalue weighted by molar-refractivity contribution is 5.92. The molecule has 0 saturated carbocycles. The van der Waals surface area contributed by atoms with Crippen LogP contribution in [0.25, 0.3) is 5.69 Å². The monoisotopic (exact) mass is 334 g/mol. The minimum Gasteiger partial charge on any atom is -0.481 e. The highest BCUT2D eigenvalue weighted by Crippen LogP contribution is 2.13. The standard InChI is InChI=1S/C15H15FN4O4/c16-10-1-3-11(4-2-10)20-17-8-13(18-20)15(23)19-5-6-24-12(9-19)7-14(21)22/h1-4,8,12H,5-7,9H2,(H,21,22)/t12-/m1/s1. The van der Waals surface area contributed by atoms with Crippen molar-refractivity contribution in [1.82, 2.24) is 19.9 Å². The summed E-state index contributed by atoms with van der Waals surface area (Å²) in [6.45, 7) is 0.822. The van der Waals surface area contributed by atoms with Crippen LogP contribution in [0.3, 0.4) is 0 Å². The minimum absolute atomic E-state index is 0.135. The van der Waals surface area contributed by atoms with Gasteiger partial charge in [0.2, 0.25) is 0 Å². The molecule has 8 nitrogen and oxygen atoms in total. The number of benzene rings is 1. The highest BCUT2D eigenvalue weighted by Gasteiger charge is 2.28. The van der Waals surface area contributed by atoms with Gasteiger partial charge in [-0.15, -0.1) is 5.10 Å². The molecule has 1 aliphatic heterocycles. The number of aliphatic carboxylic acids is 1. The van der Waals surface area contributed by atoms with Gasteiger partial charge in [0.25, 0.3) is 5.91 Å². The molecule has 9 heteroatoms.